The summed E-state index contributed by atoms with van der Waals surface area (Å²) in [6, 6.07) is 4.67. The van der Waals surface area contributed by atoms with E-state index in [2.05, 4.69) is 10.6 Å². The lowest BCUT2D eigenvalue weighted by atomic mass is 10.2. The Morgan fingerprint density at radius 1 is 1.44 bits per heavy atom. The molecule has 1 rings (SSSR count). The third-order valence-electron chi connectivity index (χ3n) is 2.52. The molecule has 18 heavy (non-hydrogen) atoms. The first kappa shape index (κ1) is 14.1. The fraction of sp³-hybridized carbons (Fsp3) is 0.417. The van der Waals surface area contributed by atoms with Crippen LogP contribution in [-0.2, 0) is 4.79 Å². The second-order valence-electron chi connectivity index (χ2n) is 4.01. The van der Waals surface area contributed by atoms with Crippen molar-refractivity contribution in [2.24, 2.45) is 0 Å². The zero-order valence-corrected chi connectivity index (χ0v) is 10.5. The van der Waals surface area contributed by atoms with Crippen molar-refractivity contribution in [1.82, 2.24) is 5.32 Å². The van der Waals surface area contributed by atoms with Gasteiger partial charge in [-0.05, 0) is 33.0 Å². The molecule has 0 saturated carbocycles. The molecular formula is C12H17N3O3. The molecule has 0 saturated heterocycles. The maximum Gasteiger partial charge on any atom is 0.274 e. The van der Waals surface area contributed by atoms with Gasteiger partial charge in [0, 0.05) is 23.7 Å². The third-order valence-corrected chi connectivity index (χ3v) is 2.52. The maximum atomic E-state index is 11.5. The number of anilines is 1. The second kappa shape index (κ2) is 6.70. The summed E-state index contributed by atoms with van der Waals surface area (Å²) < 4.78 is 0. The van der Waals surface area contributed by atoms with Crippen molar-refractivity contribution in [2.45, 2.75) is 19.8 Å². The number of nitro benzene ring substituents is 1. The number of nitrogens with zero attached hydrogens (tertiary/aromatic N) is 1. The molecule has 0 spiro atoms. The second-order valence-corrected chi connectivity index (χ2v) is 4.01. The molecule has 0 aliphatic carbocycles. The molecule has 0 heterocycles. The van der Waals surface area contributed by atoms with E-state index < -0.39 is 4.92 Å². The minimum absolute atomic E-state index is 0.0167. The van der Waals surface area contributed by atoms with Gasteiger partial charge in [-0.3, -0.25) is 14.9 Å². The molecular weight excluding hydrogens is 234 g/mol. The van der Waals surface area contributed by atoms with E-state index in [0.29, 0.717) is 17.7 Å². The standard InChI is InChI=1S/C12H17N3O3/c1-9-5-6-10(8-11(9)15(17)18)14-12(16)4-3-7-13-2/h5-6,8,13H,3-4,7H2,1-2H3,(H,14,16). The predicted octanol–water partition coefficient (Wildman–Crippen LogP) is 1.84. The van der Waals surface area contributed by atoms with E-state index in [-0.39, 0.29) is 11.6 Å². The normalized spacial score (nSPS) is 10.1. The van der Waals surface area contributed by atoms with Crippen LogP contribution in [0.3, 0.4) is 0 Å². The Morgan fingerprint density at radius 2 is 2.17 bits per heavy atom. The van der Waals surface area contributed by atoms with Crippen LogP contribution in [0.15, 0.2) is 18.2 Å². The van der Waals surface area contributed by atoms with Gasteiger partial charge in [0.05, 0.1) is 4.92 Å². The number of hydrogen-bond acceptors (Lipinski definition) is 4. The van der Waals surface area contributed by atoms with Crippen molar-refractivity contribution in [3.8, 4) is 0 Å². The van der Waals surface area contributed by atoms with Crippen molar-refractivity contribution in [3.05, 3.63) is 33.9 Å². The highest BCUT2D eigenvalue weighted by atomic mass is 16.6. The van der Waals surface area contributed by atoms with Gasteiger partial charge in [-0.15, -0.1) is 0 Å². The number of nitrogens with one attached hydrogen (secondary N) is 2. The van der Waals surface area contributed by atoms with E-state index in [1.165, 1.54) is 6.07 Å². The lowest BCUT2D eigenvalue weighted by Gasteiger charge is -2.06. The average molecular weight is 251 g/mol. The molecule has 0 unspecified atom stereocenters. The number of nitro groups is 1. The minimum atomic E-state index is -0.452. The summed E-state index contributed by atoms with van der Waals surface area (Å²) in [6.07, 6.45) is 1.12. The summed E-state index contributed by atoms with van der Waals surface area (Å²) in [5.74, 6) is -0.136. The SMILES string of the molecule is CNCCCC(=O)Nc1ccc(C)c([N+](=O)[O-])c1. The van der Waals surface area contributed by atoms with Crippen molar-refractivity contribution < 1.29 is 9.72 Å². The number of rotatable bonds is 6. The van der Waals surface area contributed by atoms with Crippen LogP contribution in [0, 0.1) is 17.0 Å². The van der Waals surface area contributed by atoms with Crippen LogP contribution in [0.4, 0.5) is 11.4 Å². The molecule has 0 bridgehead atoms. The third kappa shape index (κ3) is 4.14. The Hall–Kier alpha value is -1.95. The fourth-order valence-electron chi connectivity index (χ4n) is 1.53. The molecule has 1 aromatic carbocycles. The highest BCUT2D eigenvalue weighted by Crippen LogP contribution is 2.22. The zero-order chi connectivity index (χ0) is 13.5. The van der Waals surface area contributed by atoms with Gasteiger partial charge in [-0.2, -0.15) is 0 Å². The van der Waals surface area contributed by atoms with Crippen molar-refractivity contribution in [2.75, 3.05) is 18.9 Å². The number of benzene rings is 1. The first-order valence-corrected chi connectivity index (χ1v) is 5.74. The smallest absolute Gasteiger partial charge is 0.274 e. The van der Waals surface area contributed by atoms with Gasteiger partial charge in [0.1, 0.15) is 0 Å². The quantitative estimate of drug-likeness (QED) is 0.459. The molecule has 0 aliphatic heterocycles. The fourth-order valence-corrected chi connectivity index (χ4v) is 1.53. The Bertz CT molecular complexity index is 446. The molecule has 0 aliphatic rings. The molecule has 6 heteroatoms. The summed E-state index contributed by atoms with van der Waals surface area (Å²) in [4.78, 5) is 21.8. The zero-order valence-electron chi connectivity index (χ0n) is 10.5. The Morgan fingerprint density at radius 3 is 2.78 bits per heavy atom. The van der Waals surface area contributed by atoms with E-state index in [4.69, 9.17) is 0 Å². The number of carbonyl (C=O) groups excluding carboxylic acids is 1. The summed E-state index contributed by atoms with van der Waals surface area (Å²) in [6.45, 7) is 2.43. The summed E-state index contributed by atoms with van der Waals surface area (Å²) in [5, 5.41) is 16.4. The van der Waals surface area contributed by atoms with Gasteiger partial charge >= 0.3 is 0 Å². The summed E-state index contributed by atoms with van der Waals surface area (Å²) in [5.41, 5.74) is 1.05. The van der Waals surface area contributed by atoms with Gasteiger partial charge in [0.25, 0.3) is 5.69 Å². The Kier molecular flexibility index (Phi) is 5.26. The van der Waals surface area contributed by atoms with Gasteiger partial charge in [0.2, 0.25) is 5.91 Å². The van der Waals surface area contributed by atoms with Crippen molar-refractivity contribution in [1.29, 1.82) is 0 Å². The van der Waals surface area contributed by atoms with E-state index in [1.54, 1.807) is 19.1 Å². The van der Waals surface area contributed by atoms with E-state index in [9.17, 15) is 14.9 Å². The Balaban J connectivity index is 2.65. The number of carbonyl (C=O) groups is 1. The van der Waals surface area contributed by atoms with Gasteiger partial charge in [-0.25, -0.2) is 0 Å². The molecule has 0 fully saturated rings. The number of amides is 1. The van der Waals surface area contributed by atoms with E-state index in [0.717, 1.165) is 13.0 Å². The first-order chi connectivity index (χ1) is 8.54. The van der Waals surface area contributed by atoms with Gasteiger partial charge < -0.3 is 10.6 Å². The van der Waals surface area contributed by atoms with Crippen LogP contribution in [0.25, 0.3) is 0 Å². The largest absolute Gasteiger partial charge is 0.326 e. The predicted molar refractivity (Wildman–Crippen MR) is 69.6 cm³/mol. The molecule has 1 amide bonds. The van der Waals surface area contributed by atoms with Gasteiger partial charge in [-0.1, -0.05) is 6.07 Å². The van der Waals surface area contributed by atoms with Crippen molar-refractivity contribution >= 4 is 17.3 Å². The monoisotopic (exact) mass is 251 g/mol. The van der Waals surface area contributed by atoms with Crippen LogP contribution in [0.2, 0.25) is 0 Å². The Labute approximate surface area is 106 Å². The lowest BCUT2D eigenvalue weighted by Crippen LogP contribution is -2.15. The minimum Gasteiger partial charge on any atom is -0.326 e. The molecule has 1 aromatic rings. The maximum absolute atomic E-state index is 11.5. The molecule has 2 N–H and O–H groups in total. The molecule has 0 radical (unpaired) electrons. The molecule has 0 aromatic heterocycles. The van der Waals surface area contributed by atoms with E-state index >= 15 is 0 Å². The van der Waals surface area contributed by atoms with Crippen LogP contribution < -0.4 is 10.6 Å². The van der Waals surface area contributed by atoms with E-state index in [1.807, 2.05) is 7.05 Å². The lowest BCUT2D eigenvalue weighted by molar-refractivity contribution is -0.385. The van der Waals surface area contributed by atoms with Gasteiger partial charge in [0.15, 0.2) is 0 Å². The van der Waals surface area contributed by atoms with Crippen molar-refractivity contribution in [3.63, 3.8) is 0 Å². The summed E-state index contributed by atoms with van der Waals surface area (Å²) >= 11 is 0. The van der Waals surface area contributed by atoms with Crippen LogP contribution in [-0.4, -0.2) is 24.4 Å². The molecule has 0 atom stereocenters. The highest BCUT2D eigenvalue weighted by molar-refractivity contribution is 5.91. The molecule has 6 nitrogen and oxygen atoms in total. The number of hydrogen-bond donors (Lipinski definition) is 2. The van der Waals surface area contributed by atoms with Crippen LogP contribution in [0.5, 0.6) is 0 Å². The van der Waals surface area contributed by atoms with Crippen LogP contribution in [0.1, 0.15) is 18.4 Å². The summed E-state index contributed by atoms with van der Waals surface area (Å²) in [7, 11) is 1.82. The topological polar surface area (TPSA) is 84.3 Å². The first-order valence-electron chi connectivity index (χ1n) is 5.74. The average Bonchev–Trinajstić information content (AvgIpc) is 2.31. The molecule has 98 valence electrons. The highest BCUT2D eigenvalue weighted by Gasteiger charge is 2.12. The number of aryl methyl sites for hydroxylation is 1. The van der Waals surface area contributed by atoms with Crippen LogP contribution >= 0.6 is 0 Å².